The lowest BCUT2D eigenvalue weighted by Crippen LogP contribution is -2.41. The van der Waals surface area contributed by atoms with E-state index in [-0.39, 0.29) is 40.8 Å². The van der Waals surface area contributed by atoms with Crippen molar-refractivity contribution in [1.82, 2.24) is 15.2 Å². The highest BCUT2D eigenvalue weighted by atomic mass is 35.5. The van der Waals surface area contributed by atoms with E-state index in [1.807, 2.05) is 4.83 Å². The zero-order valence-electron chi connectivity index (χ0n) is 14.8. The van der Waals surface area contributed by atoms with Gasteiger partial charge in [-0.25, -0.2) is 13.4 Å². The number of amides is 1. The average molecular weight is 452 g/mol. The first-order valence-electron chi connectivity index (χ1n) is 8.12. The van der Waals surface area contributed by atoms with E-state index in [0.717, 1.165) is 6.07 Å². The molecule has 29 heavy (non-hydrogen) atoms. The Kier molecular flexibility index (Phi) is 7.27. The molecule has 0 aliphatic heterocycles. The summed E-state index contributed by atoms with van der Waals surface area (Å²) >= 11 is 5.76. The lowest BCUT2D eigenvalue weighted by Gasteiger charge is -2.11. The second-order valence-electron chi connectivity index (χ2n) is 5.81. The number of hydrazine groups is 1. The molecule has 0 saturated heterocycles. The highest BCUT2D eigenvalue weighted by Crippen LogP contribution is 2.32. The topological polar surface area (TPSA) is 126 Å². The van der Waals surface area contributed by atoms with Gasteiger partial charge in [0.25, 0.3) is 10.0 Å². The number of sulfonamides is 1. The lowest BCUT2D eigenvalue weighted by atomic mass is 10.2. The van der Waals surface area contributed by atoms with Crippen molar-refractivity contribution in [2.24, 2.45) is 0 Å². The number of pyridine rings is 1. The SMILES string of the molecule is Nc1cccc(S(=O)(=O)NNC(=O)CCCNc2ncc(C(F)(F)F)cc2Cl)c1. The van der Waals surface area contributed by atoms with Crippen LogP contribution in [0.15, 0.2) is 41.4 Å². The molecule has 1 heterocycles. The number of hydrogen-bond acceptors (Lipinski definition) is 6. The highest BCUT2D eigenvalue weighted by Gasteiger charge is 2.31. The molecule has 158 valence electrons. The lowest BCUT2D eigenvalue weighted by molar-refractivity contribution is -0.137. The molecule has 2 aromatic rings. The van der Waals surface area contributed by atoms with Gasteiger partial charge in [0, 0.05) is 24.8 Å². The predicted molar refractivity (Wildman–Crippen MR) is 101 cm³/mol. The molecule has 1 amide bonds. The number of nitrogens with zero attached hydrogens (tertiary/aromatic N) is 1. The molecule has 13 heteroatoms. The number of carbonyl (C=O) groups excluding carboxylic acids is 1. The molecule has 0 radical (unpaired) electrons. The second-order valence-corrected chi connectivity index (χ2v) is 7.90. The summed E-state index contributed by atoms with van der Waals surface area (Å²) in [5.74, 6) is -0.562. The van der Waals surface area contributed by atoms with Gasteiger partial charge in [-0.05, 0) is 30.7 Å². The summed E-state index contributed by atoms with van der Waals surface area (Å²) < 4.78 is 61.8. The van der Waals surface area contributed by atoms with Crippen molar-refractivity contribution in [2.75, 3.05) is 17.6 Å². The van der Waals surface area contributed by atoms with Gasteiger partial charge in [-0.15, -0.1) is 4.83 Å². The summed E-state index contributed by atoms with van der Waals surface area (Å²) in [6, 6.07) is 6.27. The standard InChI is InChI=1S/C16H17ClF3N5O3S/c17-13-7-10(16(18,19)20)9-23-15(13)22-6-2-5-14(26)24-25-29(27,28)12-4-1-3-11(21)8-12/h1,3-4,7-9,25H,2,5-6,21H2,(H,22,23)(H,24,26). The maximum absolute atomic E-state index is 12.6. The molecule has 1 aromatic carbocycles. The number of hydrogen-bond donors (Lipinski definition) is 4. The number of rotatable bonds is 8. The largest absolute Gasteiger partial charge is 0.417 e. The van der Waals surface area contributed by atoms with Gasteiger partial charge in [-0.2, -0.15) is 13.2 Å². The third kappa shape index (κ3) is 6.76. The van der Waals surface area contributed by atoms with E-state index < -0.39 is 27.7 Å². The Hall–Kier alpha value is -2.57. The van der Waals surface area contributed by atoms with E-state index in [1.165, 1.54) is 24.3 Å². The summed E-state index contributed by atoms with van der Waals surface area (Å²) in [5.41, 5.74) is 6.86. The Labute approximate surface area is 169 Å². The van der Waals surface area contributed by atoms with Crippen molar-refractivity contribution < 1.29 is 26.4 Å². The molecule has 0 fully saturated rings. The molecule has 0 spiro atoms. The molecule has 0 bridgehead atoms. The number of nitrogen functional groups attached to an aromatic ring is 1. The first-order chi connectivity index (χ1) is 13.5. The fourth-order valence-corrected chi connectivity index (χ4v) is 3.25. The summed E-state index contributed by atoms with van der Waals surface area (Å²) in [6.07, 6.45) is -3.73. The minimum absolute atomic E-state index is 0.0439. The molecular formula is C16H17ClF3N5O3S. The Morgan fingerprint density at radius 2 is 1.97 bits per heavy atom. The third-order valence-electron chi connectivity index (χ3n) is 3.53. The van der Waals surface area contributed by atoms with Gasteiger partial charge in [-0.3, -0.25) is 10.2 Å². The van der Waals surface area contributed by atoms with Crippen molar-refractivity contribution in [1.29, 1.82) is 0 Å². The van der Waals surface area contributed by atoms with Gasteiger partial charge in [0.1, 0.15) is 5.82 Å². The van der Waals surface area contributed by atoms with E-state index >= 15 is 0 Å². The van der Waals surface area contributed by atoms with Gasteiger partial charge in [-0.1, -0.05) is 17.7 Å². The van der Waals surface area contributed by atoms with Crippen LogP contribution in [-0.4, -0.2) is 25.9 Å². The Morgan fingerprint density at radius 3 is 2.59 bits per heavy atom. The van der Waals surface area contributed by atoms with Crippen LogP contribution in [0.2, 0.25) is 5.02 Å². The minimum Gasteiger partial charge on any atom is -0.399 e. The number of carbonyl (C=O) groups is 1. The molecule has 0 unspecified atom stereocenters. The van der Waals surface area contributed by atoms with E-state index in [1.54, 1.807) is 0 Å². The molecule has 0 saturated carbocycles. The molecule has 5 N–H and O–H groups in total. The fraction of sp³-hybridized carbons (Fsp3) is 0.250. The third-order valence-corrected chi connectivity index (χ3v) is 5.07. The van der Waals surface area contributed by atoms with Gasteiger partial charge < -0.3 is 11.1 Å². The fourth-order valence-electron chi connectivity index (χ4n) is 2.11. The smallest absolute Gasteiger partial charge is 0.399 e. The molecule has 2 rings (SSSR count). The maximum Gasteiger partial charge on any atom is 0.417 e. The molecule has 8 nitrogen and oxygen atoms in total. The minimum atomic E-state index is -4.55. The van der Waals surface area contributed by atoms with Crippen molar-refractivity contribution in [3.05, 3.63) is 47.1 Å². The van der Waals surface area contributed by atoms with Gasteiger partial charge in [0.05, 0.1) is 15.5 Å². The van der Waals surface area contributed by atoms with Crippen LogP contribution in [0, 0.1) is 0 Å². The molecule has 0 atom stereocenters. The van der Waals surface area contributed by atoms with E-state index in [2.05, 4.69) is 15.7 Å². The first kappa shape index (κ1) is 22.7. The second kappa shape index (κ2) is 9.29. The molecule has 0 aliphatic rings. The monoisotopic (exact) mass is 451 g/mol. The van der Waals surface area contributed by atoms with Crippen LogP contribution >= 0.6 is 11.6 Å². The van der Waals surface area contributed by atoms with Crippen molar-refractivity contribution in [3.8, 4) is 0 Å². The Balaban J connectivity index is 1.78. The number of anilines is 2. The maximum atomic E-state index is 12.6. The Bertz CT molecular complexity index is 986. The number of benzene rings is 1. The average Bonchev–Trinajstić information content (AvgIpc) is 2.64. The van der Waals surface area contributed by atoms with Crippen LogP contribution in [0.4, 0.5) is 24.7 Å². The van der Waals surface area contributed by atoms with Crippen LogP contribution in [0.5, 0.6) is 0 Å². The van der Waals surface area contributed by atoms with Crippen LogP contribution < -0.4 is 21.3 Å². The van der Waals surface area contributed by atoms with E-state index in [0.29, 0.717) is 6.20 Å². The predicted octanol–water partition coefficient (Wildman–Crippen LogP) is 2.54. The summed E-state index contributed by atoms with van der Waals surface area (Å²) in [4.78, 5) is 17.2. The normalized spacial score (nSPS) is 11.9. The summed E-state index contributed by atoms with van der Waals surface area (Å²) in [7, 11) is -3.97. The number of nitrogens with one attached hydrogen (secondary N) is 3. The molecule has 0 aliphatic carbocycles. The van der Waals surface area contributed by atoms with Crippen LogP contribution in [-0.2, 0) is 21.0 Å². The van der Waals surface area contributed by atoms with Crippen LogP contribution in [0.1, 0.15) is 18.4 Å². The van der Waals surface area contributed by atoms with Gasteiger partial charge in [0.15, 0.2) is 0 Å². The summed E-state index contributed by atoms with van der Waals surface area (Å²) in [5, 5.41) is 2.50. The van der Waals surface area contributed by atoms with Crippen LogP contribution in [0.3, 0.4) is 0 Å². The van der Waals surface area contributed by atoms with Gasteiger partial charge >= 0.3 is 6.18 Å². The van der Waals surface area contributed by atoms with Crippen LogP contribution in [0.25, 0.3) is 0 Å². The zero-order chi connectivity index (χ0) is 21.7. The number of aromatic nitrogens is 1. The zero-order valence-corrected chi connectivity index (χ0v) is 16.3. The molecule has 1 aromatic heterocycles. The number of alkyl halides is 3. The van der Waals surface area contributed by atoms with Crippen molar-refractivity contribution >= 4 is 39.0 Å². The van der Waals surface area contributed by atoms with E-state index in [9.17, 15) is 26.4 Å². The number of halogens is 4. The van der Waals surface area contributed by atoms with Gasteiger partial charge in [0.2, 0.25) is 5.91 Å². The van der Waals surface area contributed by atoms with Crippen molar-refractivity contribution in [2.45, 2.75) is 23.9 Å². The van der Waals surface area contributed by atoms with E-state index in [4.69, 9.17) is 17.3 Å². The quantitative estimate of drug-likeness (QED) is 0.277. The molecular weight excluding hydrogens is 435 g/mol. The summed E-state index contributed by atoms with van der Waals surface area (Å²) in [6.45, 7) is 0.174. The highest BCUT2D eigenvalue weighted by molar-refractivity contribution is 7.89. The van der Waals surface area contributed by atoms with Crippen molar-refractivity contribution in [3.63, 3.8) is 0 Å². The Morgan fingerprint density at radius 1 is 1.24 bits per heavy atom. The number of nitrogens with two attached hydrogens (primary N) is 1. The first-order valence-corrected chi connectivity index (χ1v) is 9.98.